The van der Waals surface area contributed by atoms with Gasteiger partial charge < -0.3 is 5.32 Å². The Balaban J connectivity index is 2.37. The fraction of sp³-hybridized carbons (Fsp3) is 0.625. The minimum absolute atomic E-state index is 0.159. The van der Waals surface area contributed by atoms with Crippen molar-refractivity contribution in [2.75, 3.05) is 0 Å². The zero-order valence-electron chi connectivity index (χ0n) is 12.0. The number of halogens is 1. The number of rotatable bonds is 7. The average Bonchev–Trinajstić information content (AvgIpc) is 2.28. The molecule has 102 valence electrons. The largest absolute Gasteiger partial charge is 0.308 e. The van der Waals surface area contributed by atoms with Crippen LogP contribution < -0.4 is 5.32 Å². The Morgan fingerprint density at radius 3 is 2.44 bits per heavy atom. The molecule has 0 fully saturated rings. The Morgan fingerprint density at radius 2 is 1.83 bits per heavy atom. The van der Waals surface area contributed by atoms with E-state index in [4.69, 9.17) is 0 Å². The van der Waals surface area contributed by atoms with E-state index in [2.05, 4.69) is 33.0 Å². The Hall–Kier alpha value is -0.890. The molecule has 0 aliphatic heterocycles. The lowest BCUT2D eigenvalue weighted by Crippen LogP contribution is -2.29. The second-order valence-electron chi connectivity index (χ2n) is 5.67. The molecule has 1 rings (SSSR count). The van der Waals surface area contributed by atoms with Gasteiger partial charge in [0, 0.05) is 12.1 Å². The fourth-order valence-electron chi connectivity index (χ4n) is 2.21. The van der Waals surface area contributed by atoms with Crippen molar-refractivity contribution in [1.29, 1.82) is 0 Å². The standard InChI is InChI=1S/C16H26FN/c1-12(2)7-5-8-13(3)18-14(4)15-9-6-10-16(17)11-15/h6,9-14,18H,5,7-8H2,1-4H3. The molecule has 0 amide bonds. The molecule has 0 heterocycles. The van der Waals surface area contributed by atoms with Crippen LogP contribution in [0.4, 0.5) is 4.39 Å². The molecule has 2 heteroatoms. The minimum Gasteiger partial charge on any atom is -0.308 e. The van der Waals surface area contributed by atoms with Crippen LogP contribution in [-0.2, 0) is 0 Å². The molecular formula is C16H26FN. The number of hydrogen-bond donors (Lipinski definition) is 1. The van der Waals surface area contributed by atoms with E-state index in [0.717, 1.165) is 11.5 Å². The summed E-state index contributed by atoms with van der Waals surface area (Å²) in [7, 11) is 0. The molecule has 1 N–H and O–H groups in total. The van der Waals surface area contributed by atoms with Crippen molar-refractivity contribution >= 4 is 0 Å². The number of nitrogens with one attached hydrogen (secondary N) is 1. The molecular weight excluding hydrogens is 225 g/mol. The van der Waals surface area contributed by atoms with Gasteiger partial charge in [0.1, 0.15) is 5.82 Å². The van der Waals surface area contributed by atoms with E-state index in [1.165, 1.54) is 25.3 Å². The number of benzene rings is 1. The van der Waals surface area contributed by atoms with E-state index in [0.29, 0.717) is 6.04 Å². The first-order valence-electron chi connectivity index (χ1n) is 7.00. The lowest BCUT2D eigenvalue weighted by molar-refractivity contribution is 0.423. The van der Waals surface area contributed by atoms with Crippen molar-refractivity contribution in [1.82, 2.24) is 5.32 Å². The summed E-state index contributed by atoms with van der Waals surface area (Å²) in [6, 6.07) is 7.52. The van der Waals surface area contributed by atoms with Crippen LogP contribution >= 0.6 is 0 Å². The molecule has 0 bridgehead atoms. The third-order valence-electron chi connectivity index (χ3n) is 3.30. The van der Waals surface area contributed by atoms with Gasteiger partial charge in [-0.3, -0.25) is 0 Å². The van der Waals surface area contributed by atoms with Crippen molar-refractivity contribution in [2.24, 2.45) is 5.92 Å². The predicted molar refractivity (Wildman–Crippen MR) is 76.1 cm³/mol. The van der Waals surface area contributed by atoms with Crippen LogP contribution in [0.25, 0.3) is 0 Å². The summed E-state index contributed by atoms with van der Waals surface area (Å²) in [6.07, 6.45) is 3.71. The molecule has 0 aromatic heterocycles. The summed E-state index contributed by atoms with van der Waals surface area (Å²) in [5.74, 6) is 0.617. The van der Waals surface area contributed by atoms with Crippen LogP contribution in [0.5, 0.6) is 0 Å². The van der Waals surface area contributed by atoms with Crippen molar-refractivity contribution in [3.05, 3.63) is 35.6 Å². The highest BCUT2D eigenvalue weighted by Gasteiger charge is 2.10. The first-order valence-corrected chi connectivity index (χ1v) is 7.00. The molecule has 0 aliphatic carbocycles. The first kappa shape index (κ1) is 15.2. The summed E-state index contributed by atoms with van der Waals surface area (Å²) >= 11 is 0. The molecule has 1 nitrogen and oxygen atoms in total. The third kappa shape index (κ3) is 5.63. The van der Waals surface area contributed by atoms with Crippen LogP contribution in [-0.4, -0.2) is 6.04 Å². The van der Waals surface area contributed by atoms with Crippen molar-refractivity contribution in [2.45, 2.75) is 59.0 Å². The Labute approximate surface area is 111 Å². The summed E-state index contributed by atoms with van der Waals surface area (Å²) < 4.78 is 13.1. The van der Waals surface area contributed by atoms with Gasteiger partial charge in [-0.05, 0) is 43.9 Å². The van der Waals surface area contributed by atoms with Gasteiger partial charge in [-0.25, -0.2) is 4.39 Å². The molecule has 0 saturated carbocycles. The van der Waals surface area contributed by atoms with E-state index in [9.17, 15) is 4.39 Å². The maximum absolute atomic E-state index is 13.1. The molecule has 1 aromatic carbocycles. The molecule has 2 atom stereocenters. The van der Waals surface area contributed by atoms with E-state index in [-0.39, 0.29) is 11.9 Å². The molecule has 18 heavy (non-hydrogen) atoms. The fourth-order valence-corrected chi connectivity index (χ4v) is 2.21. The summed E-state index contributed by atoms with van der Waals surface area (Å²) in [4.78, 5) is 0. The van der Waals surface area contributed by atoms with Crippen molar-refractivity contribution < 1.29 is 4.39 Å². The van der Waals surface area contributed by atoms with Gasteiger partial charge in [0.05, 0.1) is 0 Å². The predicted octanol–water partition coefficient (Wildman–Crippen LogP) is 4.69. The topological polar surface area (TPSA) is 12.0 Å². The first-order chi connectivity index (χ1) is 8.49. The van der Waals surface area contributed by atoms with Gasteiger partial charge in [-0.1, -0.05) is 38.8 Å². The zero-order chi connectivity index (χ0) is 13.5. The number of hydrogen-bond acceptors (Lipinski definition) is 1. The van der Waals surface area contributed by atoms with E-state index in [1.807, 2.05) is 6.07 Å². The Morgan fingerprint density at radius 1 is 1.11 bits per heavy atom. The molecule has 0 spiro atoms. The third-order valence-corrected chi connectivity index (χ3v) is 3.30. The summed E-state index contributed by atoms with van der Waals surface area (Å²) in [5, 5.41) is 3.53. The van der Waals surface area contributed by atoms with Crippen LogP contribution in [0.3, 0.4) is 0 Å². The van der Waals surface area contributed by atoms with Gasteiger partial charge in [0.25, 0.3) is 0 Å². The van der Waals surface area contributed by atoms with E-state index < -0.39 is 0 Å². The molecule has 2 unspecified atom stereocenters. The highest BCUT2D eigenvalue weighted by Crippen LogP contribution is 2.16. The van der Waals surface area contributed by atoms with Crippen molar-refractivity contribution in [3.8, 4) is 0 Å². The monoisotopic (exact) mass is 251 g/mol. The lowest BCUT2D eigenvalue weighted by atomic mass is 10.0. The van der Waals surface area contributed by atoms with Gasteiger partial charge >= 0.3 is 0 Å². The second kappa shape index (κ2) is 7.52. The molecule has 0 aliphatic rings. The smallest absolute Gasteiger partial charge is 0.123 e. The Bertz CT molecular complexity index is 349. The van der Waals surface area contributed by atoms with E-state index in [1.54, 1.807) is 12.1 Å². The van der Waals surface area contributed by atoms with Gasteiger partial charge in [-0.15, -0.1) is 0 Å². The quantitative estimate of drug-likeness (QED) is 0.741. The van der Waals surface area contributed by atoms with Crippen LogP contribution in [0.2, 0.25) is 0 Å². The molecule has 0 saturated heterocycles. The molecule has 1 aromatic rings. The van der Waals surface area contributed by atoms with Crippen LogP contribution in [0.1, 0.15) is 58.6 Å². The summed E-state index contributed by atoms with van der Waals surface area (Å²) in [5.41, 5.74) is 1.02. The van der Waals surface area contributed by atoms with Crippen molar-refractivity contribution in [3.63, 3.8) is 0 Å². The van der Waals surface area contributed by atoms with Gasteiger partial charge in [0.2, 0.25) is 0 Å². The SMILES string of the molecule is CC(C)CCCC(C)NC(C)c1cccc(F)c1. The normalized spacial score (nSPS) is 14.8. The van der Waals surface area contributed by atoms with Crippen LogP contribution in [0, 0.1) is 11.7 Å². The highest BCUT2D eigenvalue weighted by atomic mass is 19.1. The minimum atomic E-state index is -0.159. The maximum Gasteiger partial charge on any atom is 0.123 e. The van der Waals surface area contributed by atoms with Gasteiger partial charge in [-0.2, -0.15) is 0 Å². The highest BCUT2D eigenvalue weighted by molar-refractivity contribution is 5.19. The van der Waals surface area contributed by atoms with Gasteiger partial charge in [0.15, 0.2) is 0 Å². The molecule has 0 radical (unpaired) electrons. The lowest BCUT2D eigenvalue weighted by Gasteiger charge is -2.20. The van der Waals surface area contributed by atoms with Crippen LogP contribution in [0.15, 0.2) is 24.3 Å². The maximum atomic E-state index is 13.1. The average molecular weight is 251 g/mol. The second-order valence-corrected chi connectivity index (χ2v) is 5.67. The van der Waals surface area contributed by atoms with E-state index >= 15 is 0 Å². The Kier molecular flexibility index (Phi) is 6.34. The zero-order valence-corrected chi connectivity index (χ0v) is 12.0. The summed E-state index contributed by atoms with van der Waals surface area (Å²) in [6.45, 7) is 8.81.